The van der Waals surface area contributed by atoms with Gasteiger partial charge in [-0.1, -0.05) is 48.5 Å². The lowest BCUT2D eigenvalue weighted by molar-refractivity contribution is -0.101. The highest BCUT2D eigenvalue weighted by Gasteiger charge is 2.16. The van der Waals surface area contributed by atoms with E-state index in [0.29, 0.717) is 4.83 Å². The molecule has 0 N–H and O–H groups in total. The summed E-state index contributed by atoms with van der Waals surface area (Å²) >= 11 is 3.57. The Hall–Kier alpha value is 0.400. The molecule has 0 rings (SSSR count). The molecule has 0 radical (unpaired) electrons. The zero-order chi connectivity index (χ0) is 10.1. The molecule has 0 aliphatic heterocycles. The molecule has 0 heterocycles. The Bertz CT molecular complexity index is 105. The van der Waals surface area contributed by atoms with E-state index in [4.69, 9.17) is 9.47 Å². The van der Waals surface area contributed by atoms with Crippen molar-refractivity contribution in [2.45, 2.75) is 50.1 Å². The van der Waals surface area contributed by atoms with E-state index in [1.54, 1.807) is 14.2 Å². The van der Waals surface area contributed by atoms with Gasteiger partial charge in [-0.15, -0.1) is 0 Å². The second-order valence-electron chi connectivity index (χ2n) is 3.21. The minimum absolute atomic E-state index is 0.110. The smallest absolute Gasteiger partial charge is 0.169 e. The molecule has 0 amide bonds. The van der Waals surface area contributed by atoms with Crippen LogP contribution in [0.1, 0.15) is 39.0 Å². The third-order valence-electron chi connectivity index (χ3n) is 2.09. The zero-order valence-electron chi connectivity index (χ0n) is 8.88. The number of hydrogen-bond acceptors (Lipinski definition) is 2. The second-order valence-corrected chi connectivity index (χ2v) is 4.38. The van der Waals surface area contributed by atoms with Crippen LogP contribution in [0.25, 0.3) is 0 Å². The van der Waals surface area contributed by atoms with Crippen LogP contribution >= 0.6 is 15.9 Å². The van der Waals surface area contributed by atoms with Gasteiger partial charge < -0.3 is 9.47 Å². The van der Waals surface area contributed by atoms with Crippen molar-refractivity contribution in [3.63, 3.8) is 0 Å². The van der Waals surface area contributed by atoms with Crippen molar-refractivity contribution in [2.24, 2.45) is 0 Å². The maximum atomic E-state index is 5.15. The highest BCUT2D eigenvalue weighted by Crippen LogP contribution is 2.17. The van der Waals surface area contributed by atoms with Gasteiger partial charge in [-0.05, 0) is 6.42 Å². The number of rotatable bonds is 8. The Kier molecular flexibility index (Phi) is 9.25. The number of unbranched alkanes of at least 4 members (excludes halogenated alkanes) is 3. The molecule has 0 aromatic carbocycles. The van der Waals surface area contributed by atoms with E-state index in [-0.39, 0.29) is 6.29 Å². The third kappa shape index (κ3) is 6.47. The topological polar surface area (TPSA) is 18.5 Å². The maximum Gasteiger partial charge on any atom is 0.169 e. The first kappa shape index (κ1) is 13.4. The molecule has 3 heteroatoms. The number of halogens is 1. The molecule has 13 heavy (non-hydrogen) atoms. The van der Waals surface area contributed by atoms with Crippen LogP contribution in [0.4, 0.5) is 0 Å². The predicted molar refractivity (Wildman–Crippen MR) is 59.3 cm³/mol. The van der Waals surface area contributed by atoms with E-state index in [2.05, 4.69) is 22.9 Å². The van der Waals surface area contributed by atoms with Crippen molar-refractivity contribution in [3.05, 3.63) is 0 Å². The molecule has 2 nitrogen and oxygen atoms in total. The molecular formula is C10H21BrO2. The molecule has 1 unspecified atom stereocenters. The SMILES string of the molecule is CCCCCCC(Br)C(OC)OC. The van der Waals surface area contributed by atoms with Crippen molar-refractivity contribution in [1.29, 1.82) is 0 Å². The lowest BCUT2D eigenvalue weighted by Gasteiger charge is -2.19. The Morgan fingerprint density at radius 3 is 2.15 bits per heavy atom. The van der Waals surface area contributed by atoms with Crippen LogP contribution in [0, 0.1) is 0 Å². The number of hydrogen-bond donors (Lipinski definition) is 0. The van der Waals surface area contributed by atoms with Crippen molar-refractivity contribution in [1.82, 2.24) is 0 Å². The van der Waals surface area contributed by atoms with Gasteiger partial charge in [0.2, 0.25) is 0 Å². The van der Waals surface area contributed by atoms with Crippen molar-refractivity contribution >= 4 is 15.9 Å². The molecule has 0 aliphatic rings. The molecule has 0 saturated carbocycles. The first-order chi connectivity index (χ1) is 6.26. The van der Waals surface area contributed by atoms with E-state index < -0.39 is 0 Å². The molecule has 0 aromatic rings. The Labute approximate surface area is 90.1 Å². The molecule has 0 spiro atoms. The second kappa shape index (κ2) is 8.97. The molecule has 0 fully saturated rings. The quantitative estimate of drug-likeness (QED) is 0.375. The summed E-state index contributed by atoms with van der Waals surface area (Å²) in [6.45, 7) is 2.22. The van der Waals surface area contributed by atoms with Gasteiger partial charge in [0.1, 0.15) is 0 Å². The van der Waals surface area contributed by atoms with E-state index >= 15 is 0 Å². The monoisotopic (exact) mass is 252 g/mol. The summed E-state index contributed by atoms with van der Waals surface area (Å²) in [4.78, 5) is 0.319. The average molecular weight is 253 g/mol. The summed E-state index contributed by atoms with van der Waals surface area (Å²) in [5, 5.41) is 0. The summed E-state index contributed by atoms with van der Waals surface area (Å²) in [7, 11) is 3.35. The van der Waals surface area contributed by atoms with Gasteiger partial charge in [0.05, 0.1) is 4.83 Å². The van der Waals surface area contributed by atoms with Gasteiger partial charge in [0.15, 0.2) is 6.29 Å². The lowest BCUT2D eigenvalue weighted by Crippen LogP contribution is -2.24. The Morgan fingerprint density at radius 1 is 1.08 bits per heavy atom. The van der Waals surface area contributed by atoms with Gasteiger partial charge >= 0.3 is 0 Å². The largest absolute Gasteiger partial charge is 0.355 e. The van der Waals surface area contributed by atoms with E-state index in [1.807, 2.05) is 0 Å². The van der Waals surface area contributed by atoms with Crippen molar-refractivity contribution in [3.8, 4) is 0 Å². The van der Waals surface area contributed by atoms with Crippen LogP contribution in [-0.4, -0.2) is 25.3 Å². The molecule has 0 bridgehead atoms. The summed E-state index contributed by atoms with van der Waals surface area (Å²) in [6, 6.07) is 0. The summed E-state index contributed by atoms with van der Waals surface area (Å²) in [5.74, 6) is 0. The normalized spacial score (nSPS) is 13.6. The van der Waals surface area contributed by atoms with E-state index in [0.717, 1.165) is 6.42 Å². The van der Waals surface area contributed by atoms with Crippen LogP contribution in [0.3, 0.4) is 0 Å². The van der Waals surface area contributed by atoms with Crippen LogP contribution in [0.15, 0.2) is 0 Å². The number of ether oxygens (including phenoxy) is 2. The third-order valence-corrected chi connectivity index (χ3v) is 2.98. The lowest BCUT2D eigenvalue weighted by atomic mass is 10.1. The summed E-state index contributed by atoms with van der Waals surface area (Å²) < 4.78 is 10.3. The molecule has 80 valence electrons. The average Bonchev–Trinajstić information content (AvgIpc) is 2.14. The Morgan fingerprint density at radius 2 is 1.69 bits per heavy atom. The highest BCUT2D eigenvalue weighted by atomic mass is 79.9. The van der Waals surface area contributed by atoms with E-state index in [1.165, 1.54) is 25.7 Å². The first-order valence-electron chi connectivity index (χ1n) is 4.95. The standard InChI is InChI=1S/C10H21BrO2/c1-4-5-6-7-8-9(11)10(12-2)13-3/h9-10H,4-8H2,1-3H3. The van der Waals surface area contributed by atoms with Crippen molar-refractivity contribution in [2.75, 3.05) is 14.2 Å². The maximum absolute atomic E-state index is 5.15. The van der Waals surface area contributed by atoms with Crippen molar-refractivity contribution < 1.29 is 9.47 Å². The minimum Gasteiger partial charge on any atom is -0.355 e. The first-order valence-corrected chi connectivity index (χ1v) is 5.87. The fraction of sp³-hybridized carbons (Fsp3) is 1.00. The molecule has 0 aliphatic carbocycles. The fourth-order valence-corrected chi connectivity index (χ4v) is 2.05. The van der Waals surface area contributed by atoms with Crippen LogP contribution in [-0.2, 0) is 9.47 Å². The number of methoxy groups -OCH3 is 2. The van der Waals surface area contributed by atoms with Gasteiger partial charge in [0, 0.05) is 14.2 Å². The zero-order valence-corrected chi connectivity index (χ0v) is 10.5. The summed E-state index contributed by atoms with van der Waals surface area (Å²) in [6.07, 6.45) is 6.16. The molecular weight excluding hydrogens is 232 g/mol. The van der Waals surface area contributed by atoms with Crippen LogP contribution in [0.2, 0.25) is 0 Å². The van der Waals surface area contributed by atoms with Gasteiger partial charge in [-0.25, -0.2) is 0 Å². The molecule has 0 saturated heterocycles. The van der Waals surface area contributed by atoms with Gasteiger partial charge in [0.25, 0.3) is 0 Å². The predicted octanol–water partition coefficient (Wildman–Crippen LogP) is 3.34. The Balaban J connectivity index is 3.42. The summed E-state index contributed by atoms with van der Waals surface area (Å²) in [5.41, 5.74) is 0. The van der Waals surface area contributed by atoms with Gasteiger partial charge in [-0.3, -0.25) is 0 Å². The van der Waals surface area contributed by atoms with Crippen LogP contribution in [0.5, 0.6) is 0 Å². The number of alkyl halides is 1. The van der Waals surface area contributed by atoms with Crippen LogP contribution < -0.4 is 0 Å². The molecule has 1 atom stereocenters. The fourth-order valence-electron chi connectivity index (χ4n) is 1.29. The van der Waals surface area contributed by atoms with E-state index in [9.17, 15) is 0 Å². The van der Waals surface area contributed by atoms with Gasteiger partial charge in [-0.2, -0.15) is 0 Å². The highest BCUT2D eigenvalue weighted by molar-refractivity contribution is 9.09. The minimum atomic E-state index is -0.110. The molecule has 0 aromatic heterocycles.